The van der Waals surface area contributed by atoms with Crippen molar-refractivity contribution in [3.8, 4) is 0 Å². The lowest BCUT2D eigenvalue weighted by Gasteiger charge is -2.38. The second kappa shape index (κ2) is 4.46. The summed E-state index contributed by atoms with van der Waals surface area (Å²) in [6, 6.07) is 0. The first kappa shape index (κ1) is 13.2. The lowest BCUT2D eigenvalue weighted by atomic mass is 9.72. The third kappa shape index (κ3) is 2.46. The molecular formula is C13H17F2NO2. The van der Waals surface area contributed by atoms with E-state index in [1.54, 1.807) is 18.2 Å². The van der Waals surface area contributed by atoms with Crippen molar-refractivity contribution >= 4 is 5.91 Å². The molecule has 3 atom stereocenters. The van der Waals surface area contributed by atoms with Crippen LogP contribution in [0, 0.1) is 11.8 Å². The van der Waals surface area contributed by atoms with E-state index in [-0.39, 0.29) is 25.7 Å². The Morgan fingerprint density at radius 2 is 2.17 bits per heavy atom. The highest BCUT2D eigenvalue weighted by molar-refractivity contribution is 5.74. The molecule has 0 aromatic carbocycles. The van der Waals surface area contributed by atoms with E-state index in [0.29, 0.717) is 0 Å². The van der Waals surface area contributed by atoms with Crippen molar-refractivity contribution in [2.24, 2.45) is 17.6 Å². The number of hydrogen-bond acceptors (Lipinski definition) is 2. The lowest BCUT2D eigenvalue weighted by molar-refractivity contribution is -0.121. The molecule has 0 aromatic rings. The summed E-state index contributed by atoms with van der Waals surface area (Å²) in [7, 11) is 0. The van der Waals surface area contributed by atoms with Crippen LogP contribution in [0.5, 0.6) is 0 Å². The van der Waals surface area contributed by atoms with Crippen molar-refractivity contribution in [1.29, 1.82) is 0 Å². The topological polar surface area (TPSA) is 63.3 Å². The van der Waals surface area contributed by atoms with Crippen LogP contribution in [0.2, 0.25) is 0 Å². The molecule has 3 nitrogen and oxygen atoms in total. The summed E-state index contributed by atoms with van der Waals surface area (Å²) in [4.78, 5) is 11.0. The van der Waals surface area contributed by atoms with Gasteiger partial charge in [-0.3, -0.25) is 4.79 Å². The van der Waals surface area contributed by atoms with Gasteiger partial charge in [0.25, 0.3) is 0 Å². The number of nitrogens with two attached hydrogens (primary N) is 1. The molecular weight excluding hydrogens is 240 g/mol. The van der Waals surface area contributed by atoms with Gasteiger partial charge in [0.15, 0.2) is 0 Å². The monoisotopic (exact) mass is 257 g/mol. The molecule has 0 heterocycles. The summed E-state index contributed by atoms with van der Waals surface area (Å²) >= 11 is 0. The van der Waals surface area contributed by atoms with E-state index < -0.39 is 29.3 Å². The number of halogens is 2. The van der Waals surface area contributed by atoms with E-state index in [1.165, 1.54) is 6.08 Å². The van der Waals surface area contributed by atoms with Crippen LogP contribution in [0.4, 0.5) is 8.78 Å². The number of allylic oxidation sites excluding steroid dienone is 2. The lowest BCUT2D eigenvalue weighted by Crippen LogP contribution is -2.44. The van der Waals surface area contributed by atoms with Gasteiger partial charge in [0.2, 0.25) is 11.8 Å². The van der Waals surface area contributed by atoms with Crippen molar-refractivity contribution in [2.75, 3.05) is 0 Å². The molecule has 5 heteroatoms. The Labute approximate surface area is 104 Å². The molecule has 2 aliphatic carbocycles. The van der Waals surface area contributed by atoms with Gasteiger partial charge < -0.3 is 10.8 Å². The molecule has 2 rings (SSSR count). The molecule has 2 aliphatic rings. The number of aliphatic hydroxyl groups is 1. The van der Waals surface area contributed by atoms with E-state index in [4.69, 9.17) is 5.73 Å². The van der Waals surface area contributed by atoms with Crippen molar-refractivity contribution in [3.63, 3.8) is 0 Å². The highest BCUT2D eigenvalue weighted by Gasteiger charge is 2.50. The number of primary amides is 1. The SMILES string of the molecule is NC(=O)CC1C=CC=C[C@]1(O)[C@@H]1CCC(F)(F)C1. The minimum Gasteiger partial charge on any atom is -0.385 e. The smallest absolute Gasteiger partial charge is 0.248 e. The molecule has 1 unspecified atom stereocenters. The second-order valence-electron chi connectivity index (χ2n) is 5.20. The summed E-state index contributed by atoms with van der Waals surface area (Å²) in [5.74, 6) is -4.30. The zero-order valence-electron chi connectivity index (χ0n) is 9.98. The fraction of sp³-hybridized carbons (Fsp3) is 0.615. The van der Waals surface area contributed by atoms with Crippen LogP contribution in [0.1, 0.15) is 25.7 Å². The van der Waals surface area contributed by atoms with Gasteiger partial charge in [-0.2, -0.15) is 0 Å². The fourth-order valence-electron chi connectivity index (χ4n) is 2.92. The van der Waals surface area contributed by atoms with Crippen molar-refractivity contribution in [2.45, 2.75) is 37.2 Å². The standard InChI is InChI=1S/C13H17F2NO2/c14-12(15)6-4-10(8-12)13(18)5-2-1-3-9(13)7-11(16)17/h1-3,5,9-10,18H,4,6-8H2,(H2,16,17)/t9?,10-,13-/m1/s1. The van der Waals surface area contributed by atoms with Gasteiger partial charge in [-0.15, -0.1) is 0 Å². The average Bonchev–Trinajstić information content (AvgIpc) is 2.62. The molecule has 0 radical (unpaired) electrons. The number of carbonyl (C=O) groups is 1. The largest absolute Gasteiger partial charge is 0.385 e. The maximum Gasteiger partial charge on any atom is 0.248 e. The third-order valence-corrected chi connectivity index (χ3v) is 3.89. The number of rotatable bonds is 3. The van der Waals surface area contributed by atoms with Crippen LogP contribution in [-0.4, -0.2) is 22.5 Å². The molecule has 1 amide bonds. The van der Waals surface area contributed by atoms with Crippen LogP contribution in [0.15, 0.2) is 24.3 Å². The van der Waals surface area contributed by atoms with Gasteiger partial charge in [-0.05, 0) is 12.3 Å². The first-order valence-electron chi connectivity index (χ1n) is 6.08. The predicted octanol–water partition coefficient (Wildman–Crippen LogP) is 1.77. The maximum absolute atomic E-state index is 13.3. The third-order valence-electron chi connectivity index (χ3n) is 3.89. The zero-order chi connectivity index (χ0) is 13.4. The number of amides is 1. The molecule has 0 spiro atoms. The van der Waals surface area contributed by atoms with Crippen molar-refractivity contribution in [1.82, 2.24) is 0 Å². The Morgan fingerprint density at radius 3 is 2.72 bits per heavy atom. The van der Waals surface area contributed by atoms with Crippen LogP contribution in [0.3, 0.4) is 0 Å². The first-order valence-corrected chi connectivity index (χ1v) is 6.08. The predicted molar refractivity (Wildman–Crippen MR) is 62.8 cm³/mol. The molecule has 1 fully saturated rings. The Hall–Kier alpha value is -1.23. The van der Waals surface area contributed by atoms with E-state index in [9.17, 15) is 18.7 Å². The zero-order valence-corrected chi connectivity index (χ0v) is 9.98. The van der Waals surface area contributed by atoms with Crippen LogP contribution in [0.25, 0.3) is 0 Å². The number of carbonyl (C=O) groups excluding carboxylic acids is 1. The van der Waals surface area contributed by atoms with Crippen LogP contribution < -0.4 is 5.73 Å². The van der Waals surface area contributed by atoms with E-state index in [2.05, 4.69) is 0 Å². The summed E-state index contributed by atoms with van der Waals surface area (Å²) in [6.07, 6.45) is 6.21. The fourth-order valence-corrected chi connectivity index (χ4v) is 2.92. The Kier molecular flexibility index (Phi) is 3.27. The molecule has 0 aromatic heterocycles. The number of hydrogen-bond donors (Lipinski definition) is 2. The first-order chi connectivity index (χ1) is 8.33. The van der Waals surface area contributed by atoms with Crippen LogP contribution in [-0.2, 0) is 4.79 Å². The average molecular weight is 257 g/mol. The van der Waals surface area contributed by atoms with E-state index in [0.717, 1.165) is 0 Å². The Morgan fingerprint density at radius 1 is 1.44 bits per heavy atom. The molecule has 100 valence electrons. The van der Waals surface area contributed by atoms with Gasteiger partial charge in [-0.1, -0.05) is 24.3 Å². The van der Waals surface area contributed by atoms with Gasteiger partial charge in [-0.25, -0.2) is 8.78 Å². The Bertz CT molecular complexity index is 406. The summed E-state index contributed by atoms with van der Waals surface area (Å²) in [6.45, 7) is 0. The van der Waals surface area contributed by atoms with Crippen molar-refractivity contribution in [3.05, 3.63) is 24.3 Å². The van der Waals surface area contributed by atoms with E-state index >= 15 is 0 Å². The summed E-state index contributed by atoms with van der Waals surface area (Å²) in [5, 5.41) is 10.6. The summed E-state index contributed by atoms with van der Waals surface area (Å²) in [5.41, 5.74) is 3.75. The number of alkyl halides is 2. The van der Waals surface area contributed by atoms with Crippen LogP contribution >= 0.6 is 0 Å². The minimum absolute atomic E-state index is 0.0284. The summed E-state index contributed by atoms with van der Waals surface area (Å²) < 4.78 is 26.5. The highest BCUT2D eigenvalue weighted by Crippen LogP contribution is 2.48. The maximum atomic E-state index is 13.3. The molecule has 0 saturated heterocycles. The molecule has 0 bridgehead atoms. The second-order valence-corrected chi connectivity index (χ2v) is 5.20. The molecule has 18 heavy (non-hydrogen) atoms. The minimum atomic E-state index is -2.72. The van der Waals surface area contributed by atoms with E-state index in [1.807, 2.05) is 0 Å². The Balaban J connectivity index is 2.19. The highest BCUT2D eigenvalue weighted by atomic mass is 19.3. The molecule has 1 saturated carbocycles. The van der Waals surface area contributed by atoms with Gasteiger partial charge in [0.1, 0.15) is 0 Å². The quantitative estimate of drug-likeness (QED) is 0.809. The van der Waals surface area contributed by atoms with Crippen molar-refractivity contribution < 1.29 is 18.7 Å². The van der Waals surface area contributed by atoms with Gasteiger partial charge in [0, 0.05) is 25.2 Å². The van der Waals surface area contributed by atoms with Gasteiger partial charge in [0.05, 0.1) is 5.60 Å². The molecule has 0 aliphatic heterocycles. The normalized spacial score (nSPS) is 37.9. The van der Waals surface area contributed by atoms with Gasteiger partial charge >= 0.3 is 0 Å². The molecule has 3 N–H and O–H groups in total.